The molecular weight excluding hydrogens is 594 g/mol. The topological polar surface area (TPSA) is 101 Å². The molecule has 0 aliphatic carbocycles. The van der Waals surface area contributed by atoms with Crippen LogP contribution in [0.4, 0.5) is 10.5 Å². The van der Waals surface area contributed by atoms with E-state index in [2.05, 4.69) is 0 Å². The highest BCUT2D eigenvalue weighted by molar-refractivity contribution is 7.86. The van der Waals surface area contributed by atoms with Gasteiger partial charge in [0.05, 0.1) is 37.9 Å². The predicted octanol–water partition coefficient (Wildman–Crippen LogP) is 7.13. The third-order valence-electron chi connectivity index (χ3n) is 6.27. The molecule has 0 atom stereocenters. The molecule has 45 heavy (non-hydrogen) atoms. The van der Waals surface area contributed by atoms with Crippen molar-refractivity contribution in [3.63, 3.8) is 0 Å². The minimum absolute atomic E-state index is 0.0434. The Kier molecular flexibility index (Phi) is 13.6. The van der Waals surface area contributed by atoms with Gasteiger partial charge in [-0.15, -0.1) is 0 Å². The van der Waals surface area contributed by atoms with Crippen LogP contribution in [0.3, 0.4) is 0 Å². The summed E-state index contributed by atoms with van der Waals surface area (Å²) in [5.74, 6) is 0.735. The number of amides is 1. The summed E-state index contributed by atoms with van der Waals surface area (Å²) in [4.78, 5) is 14.5. The normalized spacial score (nSPS) is 12.1. The summed E-state index contributed by atoms with van der Waals surface area (Å²) >= 11 is 0. The van der Waals surface area contributed by atoms with Crippen LogP contribution >= 0.6 is 0 Å². The van der Waals surface area contributed by atoms with E-state index in [-0.39, 0.29) is 30.2 Å². The van der Waals surface area contributed by atoms with Gasteiger partial charge in [-0.25, -0.2) is 4.79 Å². The predicted molar refractivity (Wildman–Crippen MR) is 177 cm³/mol. The van der Waals surface area contributed by atoms with Crippen LogP contribution in [0, 0.1) is 6.92 Å². The maximum atomic E-state index is 12.7. The number of nitrogens with zero attached hydrogens (tertiary/aromatic N) is 1. The number of ether oxygens (including phenoxy) is 4. The first kappa shape index (κ1) is 35.8. The lowest BCUT2D eigenvalue weighted by atomic mass is 10.1. The highest BCUT2D eigenvalue weighted by Gasteiger charge is 2.25. The van der Waals surface area contributed by atoms with Crippen LogP contribution in [0.2, 0.25) is 0 Å². The largest absolute Gasteiger partial charge is 0.491 e. The summed E-state index contributed by atoms with van der Waals surface area (Å²) in [6.07, 6.45) is 3.66. The lowest BCUT2D eigenvalue weighted by molar-refractivity contribution is 0.0279. The number of aryl methyl sites for hydroxylation is 1. The molecule has 0 aliphatic rings. The molecule has 3 aromatic carbocycles. The van der Waals surface area contributed by atoms with Gasteiger partial charge in [0.15, 0.2) is 0 Å². The van der Waals surface area contributed by atoms with E-state index in [4.69, 9.17) is 23.1 Å². The van der Waals surface area contributed by atoms with E-state index in [9.17, 15) is 13.2 Å². The van der Waals surface area contributed by atoms with Gasteiger partial charge in [-0.2, -0.15) is 8.42 Å². The van der Waals surface area contributed by atoms with Crippen molar-refractivity contribution in [1.29, 1.82) is 0 Å². The van der Waals surface area contributed by atoms with Gasteiger partial charge in [0.25, 0.3) is 10.1 Å². The van der Waals surface area contributed by atoms with Crippen LogP contribution in [-0.2, 0) is 28.5 Å². The smallest absolute Gasteiger partial charge is 0.415 e. The second-order valence-electron chi connectivity index (χ2n) is 11.6. The molecule has 0 heterocycles. The molecule has 9 nitrogen and oxygen atoms in total. The quantitative estimate of drug-likeness (QED) is 0.0927. The van der Waals surface area contributed by atoms with Gasteiger partial charge in [-0.1, -0.05) is 54.1 Å². The van der Waals surface area contributed by atoms with Gasteiger partial charge in [0.2, 0.25) is 0 Å². The fourth-order valence-electron chi connectivity index (χ4n) is 4.06. The van der Waals surface area contributed by atoms with Crippen LogP contribution in [-0.4, -0.2) is 65.8 Å². The molecule has 0 radical (unpaired) electrons. The third kappa shape index (κ3) is 12.7. The maximum Gasteiger partial charge on any atom is 0.415 e. The number of anilines is 1. The van der Waals surface area contributed by atoms with Crippen molar-refractivity contribution in [2.45, 2.75) is 58.1 Å². The second kappa shape index (κ2) is 17.1. The maximum absolute atomic E-state index is 12.7. The minimum Gasteiger partial charge on any atom is -0.491 e. The molecular formula is C35H45NO8S. The van der Waals surface area contributed by atoms with Crippen molar-refractivity contribution >= 4 is 34.1 Å². The third-order valence-corrected chi connectivity index (χ3v) is 7.60. The summed E-state index contributed by atoms with van der Waals surface area (Å²) < 4.78 is 51.5. The Morgan fingerprint density at radius 3 is 1.80 bits per heavy atom. The Morgan fingerprint density at radius 1 is 0.756 bits per heavy atom. The molecule has 244 valence electrons. The van der Waals surface area contributed by atoms with Crippen molar-refractivity contribution in [3.8, 4) is 5.75 Å². The van der Waals surface area contributed by atoms with E-state index in [1.165, 1.54) is 12.1 Å². The number of hydrogen-bond acceptors (Lipinski definition) is 8. The molecule has 0 saturated heterocycles. The van der Waals surface area contributed by atoms with Crippen molar-refractivity contribution < 1.29 is 36.3 Å². The molecule has 3 rings (SSSR count). The first-order valence-electron chi connectivity index (χ1n) is 15.0. The lowest BCUT2D eigenvalue weighted by Gasteiger charge is -2.30. The molecule has 0 N–H and O–H groups in total. The Hall–Kier alpha value is -3.70. The van der Waals surface area contributed by atoms with Crippen LogP contribution in [0.5, 0.6) is 5.75 Å². The number of hydrogen-bond donors (Lipinski definition) is 0. The molecule has 0 spiro atoms. The number of benzene rings is 3. The molecule has 0 aliphatic heterocycles. The van der Waals surface area contributed by atoms with Crippen LogP contribution in [0.25, 0.3) is 12.2 Å². The average molecular weight is 640 g/mol. The number of rotatable bonds is 16. The SMILES string of the molecule is Cc1ccc(S(=O)(=O)OCCOCCOCCOc2ccc(/C=C/c3ccc(N(C(=O)OC(C)(C)C)C(C)C)cc3)cc2)cc1. The van der Waals surface area contributed by atoms with E-state index in [0.29, 0.717) is 26.4 Å². The van der Waals surface area contributed by atoms with Crippen molar-refractivity contribution in [2.75, 3.05) is 44.5 Å². The Labute approximate surface area is 267 Å². The molecule has 0 saturated carbocycles. The fraction of sp³-hybridized carbons (Fsp3) is 0.400. The van der Waals surface area contributed by atoms with Crippen LogP contribution in [0.15, 0.2) is 77.7 Å². The van der Waals surface area contributed by atoms with E-state index in [0.717, 1.165) is 28.1 Å². The average Bonchev–Trinajstić information content (AvgIpc) is 2.97. The molecule has 10 heteroatoms. The lowest BCUT2D eigenvalue weighted by Crippen LogP contribution is -2.41. The standard InChI is InChI=1S/C35H45NO8S/c1-27(2)36(34(37)44-35(4,5)6)31-15-11-29(12-16-31)9-10-30-13-17-32(18-14-30)42-25-23-40-21-22-41-24-26-43-45(38,39)33-19-7-28(3)8-20-33/h7-20,27H,21-26H2,1-6H3/b10-9+. The Bertz CT molecular complexity index is 1460. The van der Waals surface area contributed by atoms with Crippen molar-refractivity contribution in [2.24, 2.45) is 0 Å². The van der Waals surface area contributed by atoms with Crippen molar-refractivity contribution in [1.82, 2.24) is 0 Å². The van der Waals surface area contributed by atoms with E-state index in [1.807, 2.05) is 102 Å². The van der Waals surface area contributed by atoms with Gasteiger partial charge >= 0.3 is 6.09 Å². The minimum atomic E-state index is -3.79. The van der Waals surface area contributed by atoms with E-state index in [1.54, 1.807) is 17.0 Å². The van der Waals surface area contributed by atoms with Crippen LogP contribution < -0.4 is 9.64 Å². The van der Waals surface area contributed by atoms with Gasteiger partial charge in [0.1, 0.15) is 18.0 Å². The van der Waals surface area contributed by atoms with Gasteiger partial charge in [-0.05, 0) is 89.1 Å². The fourth-order valence-corrected chi connectivity index (χ4v) is 4.95. The van der Waals surface area contributed by atoms with Crippen molar-refractivity contribution in [3.05, 3.63) is 89.5 Å². The highest BCUT2D eigenvalue weighted by Crippen LogP contribution is 2.23. The molecule has 1 amide bonds. The summed E-state index contributed by atoms with van der Waals surface area (Å²) in [5.41, 5.74) is 3.22. The van der Waals surface area contributed by atoms with Gasteiger partial charge in [-0.3, -0.25) is 9.08 Å². The second-order valence-corrected chi connectivity index (χ2v) is 13.2. The Morgan fingerprint density at radius 2 is 1.27 bits per heavy atom. The summed E-state index contributed by atoms with van der Waals surface area (Å²) in [6.45, 7) is 12.9. The summed E-state index contributed by atoms with van der Waals surface area (Å²) in [7, 11) is -3.79. The van der Waals surface area contributed by atoms with Crippen LogP contribution in [0.1, 0.15) is 51.3 Å². The van der Waals surface area contributed by atoms with Gasteiger partial charge in [0, 0.05) is 11.7 Å². The molecule has 0 aromatic heterocycles. The van der Waals surface area contributed by atoms with Gasteiger partial charge < -0.3 is 18.9 Å². The Balaban J connectivity index is 1.31. The monoisotopic (exact) mass is 639 g/mol. The van der Waals surface area contributed by atoms with E-state index >= 15 is 0 Å². The molecule has 0 bridgehead atoms. The molecule has 3 aromatic rings. The zero-order valence-electron chi connectivity index (χ0n) is 27.0. The zero-order valence-corrected chi connectivity index (χ0v) is 27.8. The summed E-state index contributed by atoms with van der Waals surface area (Å²) in [6, 6.07) is 22.0. The summed E-state index contributed by atoms with van der Waals surface area (Å²) in [5, 5.41) is 0. The number of carbonyl (C=O) groups excluding carboxylic acids is 1. The highest BCUT2D eigenvalue weighted by atomic mass is 32.2. The first-order chi connectivity index (χ1) is 21.3. The molecule has 0 unspecified atom stereocenters. The zero-order chi connectivity index (χ0) is 32.9. The number of carbonyl (C=O) groups is 1. The first-order valence-corrected chi connectivity index (χ1v) is 16.4. The van der Waals surface area contributed by atoms with E-state index < -0.39 is 15.7 Å². The molecule has 0 fully saturated rings.